The maximum Gasteiger partial charge on any atom is 0.280 e. The molecule has 0 amide bonds. The molecular weight excluding hydrogens is 372 g/mol. The number of hydrogen-bond acceptors (Lipinski definition) is 4. The first-order valence-electron chi connectivity index (χ1n) is 7.43. The van der Waals surface area contributed by atoms with Crippen LogP contribution in [0.25, 0.3) is 10.9 Å². The van der Waals surface area contributed by atoms with Crippen molar-refractivity contribution >= 4 is 27.9 Å². The third-order valence-electron chi connectivity index (χ3n) is 4.36. The Morgan fingerprint density at radius 2 is 1.71 bits per heavy atom. The van der Waals surface area contributed by atoms with Crippen molar-refractivity contribution in [3.63, 3.8) is 0 Å². The second-order valence-corrected chi connectivity index (χ2v) is 5.59. The topological polar surface area (TPSA) is 53.3 Å². The summed E-state index contributed by atoms with van der Waals surface area (Å²) in [5, 5.41) is 0.547. The van der Waals surface area contributed by atoms with Crippen LogP contribution in [0.4, 0.5) is 0 Å². The van der Waals surface area contributed by atoms with Gasteiger partial charge in [0.1, 0.15) is 5.82 Å². The number of aromatic nitrogens is 2. The molecule has 2 aromatic carbocycles. The summed E-state index contributed by atoms with van der Waals surface area (Å²) >= 11 is 0. The lowest BCUT2D eigenvalue weighted by Crippen LogP contribution is -2.24. The summed E-state index contributed by atoms with van der Waals surface area (Å²) in [6, 6.07) is 11.8. The van der Waals surface area contributed by atoms with E-state index in [2.05, 4.69) is 21.7 Å². The van der Waals surface area contributed by atoms with Crippen LogP contribution in [-0.2, 0) is 13.0 Å². The largest absolute Gasteiger partial charge is 0.493 e. The van der Waals surface area contributed by atoms with Crippen molar-refractivity contribution in [2.45, 2.75) is 13.0 Å². The van der Waals surface area contributed by atoms with Crippen molar-refractivity contribution in [2.24, 2.45) is 0 Å². The third-order valence-corrected chi connectivity index (χ3v) is 4.36. The fourth-order valence-corrected chi connectivity index (χ4v) is 3.18. The maximum absolute atomic E-state index is 12.4. The Hall–Kier alpha value is -2.34. The van der Waals surface area contributed by atoms with E-state index in [1.807, 2.05) is 18.2 Å². The molecule has 0 radical (unpaired) electrons. The first-order valence-corrected chi connectivity index (χ1v) is 7.43. The second kappa shape index (κ2) is 6.28. The van der Waals surface area contributed by atoms with Crippen molar-refractivity contribution in [2.75, 3.05) is 14.2 Å². The van der Waals surface area contributed by atoms with Crippen LogP contribution in [0.1, 0.15) is 17.0 Å². The zero-order valence-corrected chi connectivity index (χ0v) is 15.1. The van der Waals surface area contributed by atoms with Crippen molar-refractivity contribution < 1.29 is 9.47 Å². The molecule has 0 saturated heterocycles. The van der Waals surface area contributed by atoms with Gasteiger partial charge in [-0.25, -0.2) is 0 Å². The zero-order valence-electron chi connectivity index (χ0n) is 13.4. The maximum atomic E-state index is 12.4. The summed E-state index contributed by atoms with van der Waals surface area (Å²) < 4.78 is 12.8. The highest BCUT2D eigenvalue weighted by molar-refractivity contribution is 8.93. The van der Waals surface area contributed by atoms with Gasteiger partial charge in [-0.15, -0.1) is 17.0 Å². The fraction of sp³-hybridized carbons (Fsp3) is 0.222. The van der Waals surface area contributed by atoms with E-state index in [9.17, 15) is 4.79 Å². The fourth-order valence-electron chi connectivity index (χ4n) is 3.18. The van der Waals surface area contributed by atoms with E-state index in [0.29, 0.717) is 29.9 Å². The lowest BCUT2D eigenvalue weighted by molar-refractivity contribution is 0.355. The minimum atomic E-state index is -0.230. The quantitative estimate of drug-likeness (QED) is 0.529. The SMILES string of the molecule is Br.COc1cc2c(=O)nc3n(c2cc1OC)Cc1ccccc1C3. The molecule has 0 bridgehead atoms. The monoisotopic (exact) mass is 388 g/mol. The number of methoxy groups -OCH3 is 2. The summed E-state index contributed by atoms with van der Waals surface area (Å²) in [5.41, 5.74) is 3.07. The molecule has 6 heteroatoms. The molecule has 0 N–H and O–H groups in total. The number of hydrogen-bond donors (Lipinski definition) is 0. The van der Waals surface area contributed by atoms with Gasteiger partial charge in [-0.2, -0.15) is 4.98 Å². The van der Waals surface area contributed by atoms with E-state index in [1.54, 1.807) is 20.3 Å². The minimum absolute atomic E-state index is 0. The number of rotatable bonds is 2. The first-order chi connectivity index (χ1) is 11.2. The number of benzene rings is 2. The predicted molar refractivity (Wildman–Crippen MR) is 97.8 cm³/mol. The average molecular weight is 389 g/mol. The molecule has 24 heavy (non-hydrogen) atoms. The van der Waals surface area contributed by atoms with Gasteiger partial charge in [-0.3, -0.25) is 4.79 Å². The van der Waals surface area contributed by atoms with Gasteiger partial charge in [0, 0.05) is 19.0 Å². The van der Waals surface area contributed by atoms with E-state index >= 15 is 0 Å². The Balaban J connectivity index is 0.00000169. The molecule has 0 spiro atoms. The molecule has 0 saturated carbocycles. The average Bonchev–Trinajstić information content (AvgIpc) is 2.59. The molecule has 3 aromatic rings. The van der Waals surface area contributed by atoms with E-state index in [-0.39, 0.29) is 22.5 Å². The Morgan fingerprint density at radius 1 is 1.04 bits per heavy atom. The van der Waals surface area contributed by atoms with Crippen LogP contribution in [0.3, 0.4) is 0 Å². The lowest BCUT2D eigenvalue weighted by atomic mass is 10.00. The van der Waals surface area contributed by atoms with Crippen LogP contribution in [0.5, 0.6) is 11.5 Å². The van der Waals surface area contributed by atoms with Crippen LogP contribution in [-0.4, -0.2) is 23.8 Å². The highest BCUT2D eigenvalue weighted by Gasteiger charge is 2.20. The second-order valence-electron chi connectivity index (χ2n) is 5.59. The van der Waals surface area contributed by atoms with E-state index in [0.717, 1.165) is 11.3 Å². The molecular formula is C18H17BrN2O3. The summed E-state index contributed by atoms with van der Waals surface area (Å²) in [6.45, 7) is 0.699. The highest BCUT2D eigenvalue weighted by atomic mass is 79.9. The smallest absolute Gasteiger partial charge is 0.280 e. The Kier molecular flexibility index (Phi) is 4.32. The van der Waals surface area contributed by atoms with Gasteiger partial charge >= 0.3 is 0 Å². The van der Waals surface area contributed by atoms with Crippen LogP contribution >= 0.6 is 17.0 Å². The van der Waals surface area contributed by atoms with Crippen LogP contribution < -0.4 is 15.0 Å². The van der Waals surface area contributed by atoms with Gasteiger partial charge in [-0.1, -0.05) is 24.3 Å². The summed E-state index contributed by atoms with van der Waals surface area (Å²) in [6.07, 6.45) is 0.662. The van der Waals surface area contributed by atoms with E-state index in [1.165, 1.54) is 11.1 Å². The molecule has 4 rings (SSSR count). The molecule has 0 unspecified atom stereocenters. The number of halogens is 1. The van der Waals surface area contributed by atoms with E-state index < -0.39 is 0 Å². The molecule has 0 aliphatic carbocycles. The van der Waals surface area contributed by atoms with Gasteiger partial charge in [0.2, 0.25) is 0 Å². The molecule has 1 aromatic heterocycles. The van der Waals surface area contributed by atoms with Gasteiger partial charge in [0.05, 0.1) is 25.1 Å². The van der Waals surface area contributed by atoms with Crippen LogP contribution in [0, 0.1) is 0 Å². The highest BCUT2D eigenvalue weighted by Crippen LogP contribution is 2.32. The first kappa shape index (κ1) is 16.5. The molecule has 1 aliphatic heterocycles. The summed E-state index contributed by atoms with van der Waals surface area (Å²) in [5.74, 6) is 1.93. The molecule has 124 valence electrons. The van der Waals surface area contributed by atoms with Crippen molar-refractivity contribution in [1.29, 1.82) is 0 Å². The van der Waals surface area contributed by atoms with E-state index in [4.69, 9.17) is 9.47 Å². The predicted octanol–water partition coefficient (Wildman–Crippen LogP) is 2.94. The summed E-state index contributed by atoms with van der Waals surface area (Å²) in [7, 11) is 3.15. The zero-order chi connectivity index (χ0) is 16.0. The normalized spacial score (nSPS) is 12.1. The molecule has 0 fully saturated rings. The molecule has 0 atom stereocenters. The van der Waals surface area contributed by atoms with Gasteiger partial charge in [0.15, 0.2) is 11.5 Å². The Bertz CT molecular complexity index is 982. The number of fused-ring (bicyclic) bond motifs is 4. The van der Waals surface area contributed by atoms with Crippen molar-refractivity contribution in [3.8, 4) is 11.5 Å². The van der Waals surface area contributed by atoms with Gasteiger partial charge in [-0.05, 0) is 17.2 Å². The standard InChI is InChI=1S/C18H16N2O3.BrH/c1-22-15-8-13-14(9-16(15)23-2)20-10-12-6-4-3-5-11(12)7-17(20)19-18(13)21;/h3-6,8-9H,7,10H2,1-2H3;1H. The van der Waals surface area contributed by atoms with Gasteiger partial charge < -0.3 is 14.0 Å². The molecule has 5 nitrogen and oxygen atoms in total. The lowest BCUT2D eigenvalue weighted by Gasteiger charge is -2.23. The van der Waals surface area contributed by atoms with Crippen molar-refractivity contribution in [3.05, 3.63) is 63.7 Å². The minimum Gasteiger partial charge on any atom is -0.493 e. The Morgan fingerprint density at radius 3 is 2.42 bits per heavy atom. The van der Waals surface area contributed by atoms with Gasteiger partial charge in [0.25, 0.3) is 5.56 Å². The third kappa shape index (κ3) is 2.47. The Labute approximate surface area is 149 Å². The number of ether oxygens (including phenoxy) is 2. The molecule has 1 aliphatic rings. The van der Waals surface area contributed by atoms with Crippen LogP contribution in [0.15, 0.2) is 41.2 Å². The molecule has 2 heterocycles. The van der Waals surface area contributed by atoms with Crippen LogP contribution in [0.2, 0.25) is 0 Å². The van der Waals surface area contributed by atoms with Crippen molar-refractivity contribution in [1.82, 2.24) is 9.55 Å². The number of nitrogens with zero attached hydrogens (tertiary/aromatic N) is 2. The summed E-state index contributed by atoms with van der Waals surface area (Å²) in [4.78, 5) is 16.7.